The van der Waals surface area contributed by atoms with Gasteiger partial charge in [-0.1, -0.05) is 6.07 Å². The Hall–Kier alpha value is -1.95. The topological polar surface area (TPSA) is 29.0 Å². The highest BCUT2D eigenvalue weighted by Gasteiger charge is 2.34. The van der Waals surface area contributed by atoms with E-state index in [1.54, 1.807) is 24.2 Å². The van der Waals surface area contributed by atoms with Crippen LogP contribution in [0.25, 0.3) is 0 Å². The van der Waals surface area contributed by atoms with E-state index in [1.165, 1.54) is 12.3 Å². The molecule has 112 valence electrons. The highest BCUT2D eigenvalue weighted by molar-refractivity contribution is 5.23. The fraction of sp³-hybridized carbons (Fsp3) is 0.333. The van der Waals surface area contributed by atoms with Crippen molar-refractivity contribution in [2.24, 2.45) is 0 Å². The van der Waals surface area contributed by atoms with E-state index in [-0.39, 0.29) is 18.3 Å². The third-order valence-electron chi connectivity index (χ3n) is 3.37. The van der Waals surface area contributed by atoms with Crippen LogP contribution in [0.4, 0.5) is 13.2 Å². The lowest BCUT2D eigenvalue weighted by atomic mass is 10.1. The van der Waals surface area contributed by atoms with E-state index in [9.17, 15) is 13.2 Å². The Morgan fingerprint density at radius 2 is 1.81 bits per heavy atom. The summed E-state index contributed by atoms with van der Waals surface area (Å²) in [6.07, 6.45) is -1.34. The van der Waals surface area contributed by atoms with Gasteiger partial charge < -0.3 is 0 Å². The molecule has 2 aromatic rings. The van der Waals surface area contributed by atoms with Crippen molar-refractivity contribution in [2.75, 3.05) is 7.05 Å². The van der Waals surface area contributed by atoms with Crippen LogP contribution in [-0.2, 0) is 12.7 Å². The second kappa shape index (κ2) is 6.22. The first-order chi connectivity index (χ1) is 9.89. The molecule has 0 saturated carbocycles. The van der Waals surface area contributed by atoms with Gasteiger partial charge in [0.2, 0.25) is 0 Å². The number of hydrogen-bond acceptors (Lipinski definition) is 3. The summed E-state index contributed by atoms with van der Waals surface area (Å²) in [6, 6.07) is 7.76. The molecule has 0 fully saturated rings. The summed E-state index contributed by atoms with van der Waals surface area (Å²) in [4.78, 5) is 9.90. The standard InChI is InChI=1S/C15H16F3N3/c1-11(13-7-3-4-8-19-13)21(2)10-14-12(15(16,17)18)6-5-9-20-14/h3-9,11H,10H2,1-2H3. The van der Waals surface area contributed by atoms with Crippen molar-refractivity contribution in [1.29, 1.82) is 0 Å². The van der Waals surface area contributed by atoms with E-state index in [0.29, 0.717) is 0 Å². The average molecular weight is 295 g/mol. The molecule has 0 aromatic carbocycles. The minimum atomic E-state index is -4.39. The number of rotatable bonds is 4. The number of hydrogen-bond donors (Lipinski definition) is 0. The number of pyridine rings is 2. The van der Waals surface area contributed by atoms with Gasteiger partial charge in [0.15, 0.2) is 0 Å². The largest absolute Gasteiger partial charge is 0.418 e. The quantitative estimate of drug-likeness (QED) is 0.861. The van der Waals surface area contributed by atoms with Crippen LogP contribution in [0.3, 0.4) is 0 Å². The molecule has 0 saturated heterocycles. The molecule has 0 radical (unpaired) electrons. The lowest BCUT2D eigenvalue weighted by molar-refractivity contribution is -0.138. The summed E-state index contributed by atoms with van der Waals surface area (Å²) in [7, 11) is 1.76. The first-order valence-corrected chi connectivity index (χ1v) is 6.52. The first kappa shape index (κ1) is 15.4. The Morgan fingerprint density at radius 3 is 2.43 bits per heavy atom. The summed E-state index contributed by atoms with van der Waals surface area (Å²) in [5, 5.41) is 0. The molecule has 2 heterocycles. The molecule has 2 rings (SSSR count). The Bertz CT molecular complexity index is 584. The van der Waals surface area contributed by atoms with Crippen molar-refractivity contribution in [2.45, 2.75) is 25.7 Å². The molecule has 21 heavy (non-hydrogen) atoms. The maximum absolute atomic E-state index is 13.0. The Morgan fingerprint density at radius 1 is 1.10 bits per heavy atom. The van der Waals surface area contributed by atoms with E-state index in [0.717, 1.165) is 11.8 Å². The minimum absolute atomic E-state index is 0.0234. The molecule has 0 amide bonds. The maximum atomic E-state index is 13.0. The number of aromatic nitrogens is 2. The molecule has 0 aliphatic heterocycles. The van der Waals surface area contributed by atoms with Gasteiger partial charge in [-0.15, -0.1) is 0 Å². The third kappa shape index (κ3) is 3.78. The van der Waals surface area contributed by atoms with E-state index in [1.807, 2.05) is 19.1 Å². The molecule has 3 nitrogen and oxygen atoms in total. The highest BCUT2D eigenvalue weighted by atomic mass is 19.4. The van der Waals surface area contributed by atoms with Gasteiger partial charge >= 0.3 is 6.18 Å². The molecule has 0 N–H and O–H groups in total. The second-order valence-corrected chi connectivity index (χ2v) is 4.84. The molecular weight excluding hydrogens is 279 g/mol. The van der Waals surface area contributed by atoms with Crippen molar-refractivity contribution in [3.05, 3.63) is 59.7 Å². The Kier molecular flexibility index (Phi) is 4.57. The Labute approximate surface area is 121 Å². The first-order valence-electron chi connectivity index (χ1n) is 6.52. The van der Waals surface area contributed by atoms with Gasteiger partial charge in [-0.25, -0.2) is 0 Å². The number of alkyl halides is 3. The van der Waals surface area contributed by atoms with Crippen LogP contribution in [0.15, 0.2) is 42.7 Å². The lowest BCUT2D eigenvalue weighted by Crippen LogP contribution is -2.25. The van der Waals surface area contributed by atoms with Crippen molar-refractivity contribution >= 4 is 0 Å². The third-order valence-corrected chi connectivity index (χ3v) is 3.37. The lowest BCUT2D eigenvalue weighted by Gasteiger charge is -2.25. The summed E-state index contributed by atoms with van der Waals surface area (Å²) in [5.41, 5.74) is 0.143. The minimum Gasteiger partial charge on any atom is -0.292 e. The molecular formula is C15H16F3N3. The molecule has 1 unspecified atom stereocenters. The van der Waals surface area contributed by atoms with Gasteiger partial charge in [0.1, 0.15) is 0 Å². The maximum Gasteiger partial charge on any atom is 0.418 e. The highest BCUT2D eigenvalue weighted by Crippen LogP contribution is 2.32. The molecule has 2 aromatic heterocycles. The molecule has 0 aliphatic rings. The fourth-order valence-corrected chi connectivity index (χ4v) is 2.04. The zero-order valence-electron chi connectivity index (χ0n) is 11.8. The predicted molar refractivity (Wildman–Crippen MR) is 73.4 cm³/mol. The normalized spacial score (nSPS) is 13.4. The molecule has 0 bridgehead atoms. The van der Waals surface area contributed by atoms with E-state index in [4.69, 9.17) is 0 Å². The van der Waals surface area contributed by atoms with Gasteiger partial charge in [-0.3, -0.25) is 14.9 Å². The van der Waals surface area contributed by atoms with E-state index >= 15 is 0 Å². The van der Waals surface area contributed by atoms with Crippen LogP contribution in [0.5, 0.6) is 0 Å². The predicted octanol–water partition coefficient (Wildman–Crippen LogP) is 3.69. The number of halogens is 3. The van der Waals surface area contributed by atoms with Crippen LogP contribution >= 0.6 is 0 Å². The van der Waals surface area contributed by atoms with Crippen LogP contribution in [-0.4, -0.2) is 21.9 Å². The summed E-state index contributed by atoms with van der Waals surface area (Å²) in [5.74, 6) is 0. The van der Waals surface area contributed by atoms with Crippen molar-refractivity contribution in [1.82, 2.24) is 14.9 Å². The van der Waals surface area contributed by atoms with Gasteiger partial charge in [-0.2, -0.15) is 13.2 Å². The fourth-order valence-electron chi connectivity index (χ4n) is 2.04. The average Bonchev–Trinajstić information content (AvgIpc) is 2.47. The van der Waals surface area contributed by atoms with Crippen molar-refractivity contribution in [3.8, 4) is 0 Å². The van der Waals surface area contributed by atoms with Crippen molar-refractivity contribution in [3.63, 3.8) is 0 Å². The molecule has 0 aliphatic carbocycles. The molecule has 6 heteroatoms. The summed E-state index contributed by atoms with van der Waals surface area (Å²) >= 11 is 0. The number of nitrogens with zero attached hydrogens (tertiary/aromatic N) is 3. The van der Waals surface area contributed by atoms with Gasteiger partial charge in [0.05, 0.1) is 17.0 Å². The summed E-state index contributed by atoms with van der Waals surface area (Å²) < 4.78 is 38.9. The Balaban J connectivity index is 2.19. The zero-order chi connectivity index (χ0) is 15.5. The summed E-state index contributed by atoms with van der Waals surface area (Å²) in [6.45, 7) is 2.01. The molecule has 1 atom stereocenters. The van der Waals surface area contributed by atoms with Crippen LogP contribution in [0.1, 0.15) is 29.9 Å². The zero-order valence-corrected chi connectivity index (χ0v) is 11.8. The monoisotopic (exact) mass is 295 g/mol. The smallest absolute Gasteiger partial charge is 0.292 e. The molecule has 0 spiro atoms. The second-order valence-electron chi connectivity index (χ2n) is 4.84. The van der Waals surface area contributed by atoms with Crippen LogP contribution in [0, 0.1) is 0 Å². The van der Waals surface area contributed by atoms with Gasteiger partial charge in [0.25, 0.3) is 0 Å². The van der Waals surface area contributed by atoms with Gasteiger partial charge in [-0.05, 0) is 38.2 Å². The van der Waals surface area contributed by atoms with Gasteiger partial charge in [0, 0.05) is 25.0 Å². The van der Waals surface area contributed by atoms with E-state index < -0.39 is 11.7 Å². The van der Waals surface area contributed by atoms with Crippen LogP contribution < -0.4 is 0 Å². The van der Waals surface area contributed by atoms with Crippen LogP contribution in [0.2, 0.25) is 0 Å². The van der Waals surface area contributed by atoms with Crippen molar-refractivity contribution < 1.29 is 13.2 Å². The van der Waals surface area contributed by atoms with E-state index in [2.05, 4.69) is 9.97 Å². The SMILES string of the molecule is CC(c1ccccn1)N(C)Cc1ncccc1C(F)(F)F.